The molecule has 2 aromatic carbocycles. The Morgan fingerprint density at radius 1 is 0.875 bits per heavy atom. The van der Waals surface area contributed by atoms with E-state index in [-0.39, 0.29) is 6.17 Å². The summed E-state index contributed by atoms with van der Waals surface area (Å²) < 4.78 is 1.71. The Balaban J connectivity index is 1.52. The molecule has 0 aliphatic carbocycles. The lowest BCUT2D eigenvalue weighted by atomic mass is 10.0. The summed E-state index contributed by atoms with van der Waals surface area (Å²) in [6.07, 6.45) is 3.39. The molecule has 6 heteroatoms. The van der Waals surface area contributed by atoms with Crippen LogP contribution in [-0.2, 0) is 6.54 Å². The average Bonchev–Trinajstić information content (AvgIpc) is 3.01. The summed E-state index contributed by atoms with van der Waals surface area (Å²) in [4.78, 5) is 2.01. The normalized spacial score (nSPS) is 16.2. The molecule has 3 aromatic rings. The van der Waals surface area contributed by atoms with Crippen LogP contribution in [0, 0.1) is 0 Å². The van der Waals surface area contributed by atoms with Crippen LogP contribution in [0.1, 0.15) is 17.6 Å². The van der Waals surface area contributed by atoms with Gasteiger partial charge < -0.3 is 16.4 Å². The van der Waals surface area contributed by atoms with Crippen molar-refractivity contribution < 1.29 is 0 Å². The van der Waals surface area contributed by atoms with Crippen LogP contribution in [0.5, 0.6) is 0 Å². The molecule has 24 heavy (non-hydrogen) atoms. The van der Waals surface area contributed by atoms with Crippen molar-refractivity contribution in [2.45, 2.75) is 12.7 Å². The first-order valence-corrected chi connectivity index (χ1v) is 7.76. The molecule has 6 nitrogen and oxygen atoms in total. The maximum Gasteiger partial charge on any atom is 0.226 e. The molecule has 0 radical (unpaired) electrons. The molecule has 4 rings (SSSR count). The minimum absolute atomic E-state index is 0.351. The number of hydrogen-bond donors (Lipinski definition) is 2. The maximum atomic E-state index is 6.27. The quantitative estimate of drug-likeness (QED) is 0.774. The first kappa shape index (κ1) is 14.5. The van der Waals surface area contributed by atoms with Gasteiger partial charge in [-0.1, -0.05) is 54.6 Å². The van der Waals surface area contributed by atoms with Gasteiger partial charge in [-0.3, -0.25) is 4.57 Å². The molecule has 0 bridgehead atoms. The van der Waals surface area contributed by atoms with Crippen LogP contribution < -0.4 is 11.5 Å². The lowest BCUT2D eigenvalue weighted by molar-refractivity contribution is 0.259. The van der Waals surface area contributed by atoms with Crippen LogP contribution in [0.2, 0.25) is 0 Å². The molecule has 4 N–H and O–H groups in total. The zero-order chi connectivity index (χ0) is 16.5. The van der Waals surface area contributed by atoms with Crippen LogP contribution in [0.15, 0.2) is 60.8 Å². The second-order valence-corrected chi connectivity index (χ2v) is 5.76. The van der Waals surface area contributed by atoms with Crippen molar-refractivity contribution in [3.8, 4) is 11.1 Å². The predicted octanol–water partition coefficient (Wildman–Crippen LogP) is 2.43. The summed E-state index contributed by atoms with van der Waals surface area (Å²) in [6.45, 7) is 0.694. The van der Waals surface area contributed by atoms with Crippen LogP contribution in [0.4, 0.5) is 5.95 Å². The second-order valence-electron chi connectivity index (χ2n) is 5.76. The molecule has 120 valence electrons. The second kappa shape index (κ2) is 5.82. The van der Waals surface area contributed by atoms with Gasteiger partial charge in [-0.05, 0) is 16.7 Å². The summed E-state index contributed by atoms with van der Waals surface area (Å²) in [6, 6.07) is 18.8. The fourth-order valence-corrected chi connectivity index (χ4v) is 2.86. The Morgan fingerprint density at radius 2 is 1.58 bits per heavy atom. The smallest absolute Gasteiger partial charge is 0.226 e. The van der Waals surface area contributed by atoms with Crippen molar-refractivity contribution in [2.75, 3.05) is 5.73 Å². The van der Waals surface area contributed by atoms with E-state index < -0.39 is 0 Å². The number of nitrogens with two attached hydrogens (primary N) is 2. The molecule has 0 fully saturated rings. The van der Waals surface area contributed by atoms with Crippen molar-refractivity contribution >= 4 is 12.1 Å². The lowest BCUT2D eigenvalue weighted by Gasteiger charge is -2.30. The van der Waals surface area contributed by atoms with Crippen LogP contribution in [0.25, 0.3) is 17.3 Å². The van der Waals surface area contributed by atoms with Gasteiger partial charge in [0.25, 0.3) is 0 Å². The van der Waals surface area contributed by atoms with Gasteiger partial charge in [-0.15, -0.1) is 10.2 Å². The fourth-order valence-electron chi connectivity index (χ4n) is 2.86. The number of hydrogen-bond acceptors (Lipinski definition) is 5. The van der Waals surface area contributed by atoms with Gasteiger partial charge in [0.05, 0.1) is 0 Å². The third kappa shape index (κ3) is 2.53. The zero-order valence-electron chi connectivity index (χ0n) is 13.1. The third-order valence-electron chi connectivity index (χ3n) is 4.20. The highest BCUT2D eigenvalue weighted by Crippen LogP contribution is 2.25. The Labute approximate surface area is 140 Å². The standard InChI is InChI=1S/C18H18N6/c19-16-17-21-22-18(20)24(17)11-10-23(16)12-13-6-8-15(9-7-13)14-4-2-1-3-5-14/h1-11,16H,12,19H2,(H2,20,22). The minimum Gasteiger partial charge on any atom is -0.368 e. The highest BCUT2D eigenvalue weighted by molar-refractivity contribution is 5.63. The molecule has 0 amide bonds. The molecule has 0 saturated carbocycles. The van der Waals surface area contributed by atoms with Crippen LogP contribution in [0.3, 0.4) is 0 Å². The van der Waals surface area contributed by atoms with Gasteiger partial charge in [-0.2, -0.15) is 0 Å². The van der Waals surface area contributed by atoms with E-state index in [1.165, 1.54) is 16.7 Å². The van der Waals surface area contributed by atoms with Gasteiger partial charge in [0, 0.05) is 18.9 Å². The molecule has 1 unspecified atom stereocenters. The van der Waals surface area contributed by atoms with E-state index in [1.54, 1.807) is 4.57 Å². The number of fused-ring (bicyclic) bond motifs is 1. The molecule has 1 atom stereocenters. The lowest BCUT2D eigenvalue weighted by Crippen LogP contribution is -2.34. The van der Waals surface area contributed by atoms with Gasteiger partial charge >= 0.3 is 0 Å². The summed E-state index contributed by atoms with van der Waals surface area (Å²) >= 11 is 0. The molecule has 1 aromatic heterocycles. The van der Waals surface area contributed by atoms with Crippen LogP contribution >= 0.6 is 0 Å². The van der Waals surface area contributed by atoms with Crippen molar-refractivity contribution in [3.05, 3.63) is 72.2 Å². The molecular weight excluding hydrogens is 300 g/mol. The summed E-state index contributed by atoms with van der Waals surface area (Å²) in [7, 11) is 0. The molecular formula is C18H18N6. The van der Waals surface area contributed by atoms with E-state index in [1.807, 2.05) is 35.5 Å². The van der Waals surface area contributed by atoms with Crippen molar-refractivity contribution in [3.63, 3.8) is 0 Å². The predicted molar refractivity (Wildman–Crippen MR) is 94.1 cm³/mol. The molecule has 1 aliphatic heterocycles. The minimum atomic E-state index is -0.367. The Hall–Kier alpha value is -3.12. The topological polar surface area (TPSA) is 86.0 Å². The summed E-state index contributed by atoms with van der Waals surface area (Å²) in [5.74, 6) is 1.000. The zero-order valence-corrected chi connectivity index (χ0v) is 13.1. The molecule has 1 aliphatic rings. The highest BCUT2D eigenvalue weighted by atomic mass is 15.4. The monoisotopic (exact) mass is 318 g/mol. The molecule has 0 saturated heterocycles. The SMILES string of the molecule is Nc1nnc2n1C=CN(Cc1ccc(-c3ccccc3)cc1)C2N. The fraction of sp³-hybridized carbons (Fsp3) is 0.111. The number of nitrogens with zero attached hydrogens (tertiary/aromatic N) is 4. The number of aromatic nitrogens is 3. The number of anilines is 1. The van der Waals surface area contributed by atoms with E-state index in [0.717, 1.165) is 0 Å². The van der Waals surface area contributed by atoms with Crippen molar-refractivity contribution in [1.29, 1.82) is 0 Å². The number of benzene rings is 2. The van der Waals surface area contributed by atoms with Gasteiger partial charge in [0.15, 0.2) is 5.82 Å². The maximum absolute atomic E-state index is 6.27. The van der Waals surface area contributed by atoms with E-state index in [0.29, 0.717) is 18.3 Å². The van der Waals surface area contributed by atoms with Crippen molar-refractivity contribution in [1.82, 2.24) is 19.7 Å². The van der Waals surface area contributed by atoms with E-state index in [9.17, 15) is 0 Å². The Kier molecular flexibility index (Phi) is 3.51. The average molecular weight is 318 g/mol. The van der Waals surface area contributed by atoms with Crippen molar-refractivity contribution in [2.24, 2.45) is 5.73 Å². The first-order valence-electron chi connectivity index (χ1n) is 7.76. The highest BCUT2D eigenvalue weighted by Gasteiger charge is 2.24. The Bertz CT molecular complexity index is 866. The Morgan fingerprint density at radius 3 is 2.33 bits per heavy atom. The summed E-state index contributed by atoms with van der Waals surface area (Å²) in [5.41, 5.74) is 15.6. The van der Waals surface area contributed by atoms with E-state index >= 15 is 0 Å². The van der Waals surface area contributed by atoms with Crippen LogP contribution in [-0.4, -0.2) is 19.7 Å². The third-order valence-corrected chi connectivity index (χ3v) is 4.20. The van der Waals surface area contributed by atoms with Gasteiger partial charge in [0.2, 0.25) is 5.95 Å². The van der Waals surface area contributed by atoms with Gasteiger partial charge in [0.1, 0.15) is 6.17 Å². The molecule has 0 spiro atoms. The van der Waals surface area contributed by atoms with E-state index in [2.05, 4.69) is 46.6 Å². The number of nitrogen functional groups attached to an aromatic ring is 1. The largest absolute Gasteiger partial charge is 0.368 e. The van der Waals surface area contributed by atoms with Gasteiger partial charge in [-0.25, -0.2) is 0 Å². The first-order chi connectivity index (χ1) is 11.7. The molecule has 2 heterocycles. The van der Waals surface area contributed by atoms with E-state index in [4.69, 9.17) is 11.5 Å². The number of rotatable bonds is 3. The summed E-state index contributed by atoms with van der Waals surface area (Å²) in [5, 5.41) is 7.92.